The minimum absolute atomic E-state index is 0.0678. The average Bonchev–Trinajstić information content (AvgIpc) is 2.73. The van der Waals surface area contributed by atoms with Crippen LogP contribution in [-0.2, 0) is 33.4 Å². The van der Waals surface area contributed by atoms with Gasteiger partial charge in [-0.1, -0.05) is 11.6 Å². The molecule has 0 fully saturated rings. The first kappa shape index (κ1) is 24.9. The van der Waals surface area contributed by atoms with Crippen LogP contribution >= 0.6 is 11.6 Å². The Morgan fingerprint density at radius 1 is 0.906 bits per heavy atom. The molecule has 1 heterocycles. The van der Waals surface area contributed by atoms with Crippen LogP contribution in [0.4, 0.5) is 5.69 Å². The Balaban J connectivity index is 2.25. The molecule has 1 aliphatic heterocycles. The van der Waals surface area contributed by atoms with Crippen LogP contribution in [-0.4, -0.2) is 43.6 Å². The van der Waals surface area contributed by atoms with Crippen molar-refractivity contribution in [1.82, 2.24) is 5.32 Å². The first-order chi connectivity index (χ1) is 15.2. The fourth-order valence-electron chi connectivity index (χ4n) is 3.14. The highest BCUT2D eigenvalue weighted by molar-refractivity contribution is 6.30. The van der Waals surface area contributed by atoms with Crippen LogP contribution in [0.5, 0.6) is 0 Å². The standard InChI is InChI=1S/C22H25ClN2O7/c1-5-30-20(27)17-12(3)24-13(4)18(21(28)31-6-2)19(17)22(29)32-11-16(26)25-15-9-7-14(23)8-10-15/h7-10,19,24H,5-6,11H2,1-4H3,(H,25,26). The highest BCUT2D eigenvalue weighted by atomic mass is 35.5. The molecule has 10 heteroatoms. The molecule has 0 atom stereocenters. The van der Waals surface area contributed by atoms with E-state index in [0.29, 0.717) is 22.1 Å². The Morgan fingerprint density at radius 3 is 1.88 bits per heavy atom. The Morgan fingerprint density at radius 2 is 1.41 bits per heavy atom. The van der Waals surface area contributed by atoms with E-state index in [2.05, 4.69) is 10.6 Å². The first-order valence-corrected chi connectivity index (χ1v) is 10.3. The number of carbonyl (C=O) groups excluding carboxylic acids is 4. The van der Waals surface area contributed by atoms with Gasteiger partial charge in [-0.3, -0.25) is 9.59 Å². The summed E-state index contributed by atoms with van der Waals surface area (Å²) in [6, 6.07) is 6.36. The van der Waals surface area contributed by atoms with E-state index >= 15 is 0 Å². The first-order valence-electron chi connectivity index (χ1n) is 9.94. The van der Waals surface area contributed by atoms with E-state index in [9.17, 15) is 19.2 Å². The van der Waals surface area contributed by atoms with Crippen LogP contribution in [0.15, 0.2) is 46.8 Å². The van der Waals surface area contributed by atoms with Crippen LogP contribution in [0.1, 0.15) is 27.7 Å². The SMILES string of the molecule is CCOC(=O)C1=C(C)NC(C)=C(C(=O)OCC)C1C(=O)OCC(=O)Nc1ccc(Cl)cc1. The Kier molecular flexibility index (Phi) is 8.83. The molecule has 1 amide bonds. The van der Waals surface area contributed by atoms with E-state index in [1.807, 2.05) is 0 Å². The highest BCUT2D eigenvalue weighted by Crippen LogP contribution is 2.32. The highest BCUT2D eigenvalue weighted by Gasteiger charge is 2.42. The van der Waals surface area contributed by atoms with E-state index in [1.165, 1.54) is 0 Å². The van der Waals surface area contributed by atoms with Crippen molar-refractivity contribution in [2.24, 2.45) is 5.92 Å². The third-order valence-corrected chi connectivity index (χ3v) is 4.71. The van der Waals surface area contributed by atoms with Crippen molar-refractivity contribution in [2.75, 3.05) is 25.1 Å². The van der Waals surface area contributed by atoms with Gasteiger partial charge in [-0.05, 0) is 52.0 Å². The number of nitrogens with one attached hydrogen (secondary N) is 2. The number of hydrogen-bond acceptors (Lipinski definition) is 8. The van der Waals surface area contributed by atoms with E-state index < -0.39 is 36.3 Å². The summed E-state index contributed by atoms with van der Waals surface area (Å²) in [6.45, 7) is 5.89. The number of carbonyl (C=O) groups is 4. The molecule has 1 aromatic rings. The molecule has 0 spiro atoms. The lowest BCUT2D eigenvalue weighted by Gasteiger charge is -2.28. The van der Waals surface area contributed by atoms with E-state index in [4.69, 9.17) is 25.8 Å². The third-order valence-electron chi connectivity index (χ3n) is 4.46. The van der Waals surface area contributed by atoms with Crippen molar-refractivity contribution in [3.8, 4) is 0 Å². The van der Waals surface area contributed by atoms with E-state index in [0.717, 1.165) is 0 Å². The summed E-state index contributed by atoms with van der Waals surface area (Å²) in [5, 5.41) is 5.97. The number of hydrogen-bond donors (Lipinski definition) is 2. The van der Waals surface area contributed by atoms with E-state index in [-0.39, 0.29) is 24.4 Å². The van der Waals surface area contributed by atoms with Crippen LogP contribution < -0.4 is 10.6 Å². The minimum atomic E-state index is -1.40. The summed E-state index contributed by atoms with van der Waals surface area (Å²) in [6.07, 6.45) is 0. The van der Waals surface area contributed by atoms with Crippen LogP contribution in [0.3, 0.4) is 0 Å². The Hall–Kier alpha value is -3.33. The van der Waals surface area contributed by atoms with Crippen molar-refractivity contribution < 1.29 is 33.4 Å². The third kappa shape index (κ3) is 6.10. The zero-order valence-corrected chi connectivity index (χ0v) is 19.0. The summed E-state index contributed by atoms with van der Waals surface area (Å²) in [7, 11) is 0. The molecule has 1 aromatic carbocycles. The van der Waals surface area contributed by atoms with Gasteiger partial charge < -0.3 is 24.8 Å². The topological polar surface area (TPSA) is 120 Å². The van der Waals surface area contributed by atoms with Gasteiger partial charge in [0.05, 0.1) is 24.4 Å². The lowest BCUT2D eigenvalue weighted by Crippen LogP contribution is -2.39. The molecule has 0 aliphatic carbocycles. The number of halogens is 1. The van der Waals surface area contributed by atoms with Crippen LogP contribution in [0.2, 0.25) is 5.02 Å². The fraction of sp³-hybridized carbons (Fsp3) is 0.364. The van der Waals surface area contributed by atoms with Crippen LogP contribution in [0.25, 0.3) is 0 Å². The number of anilines is 1. The van der Waals surface area contributed by atoms with Gasteiger partial charge in [0, 0.05) is 22.1 Å². The van der Waals surface area contributed by atoms with Crippen molar-refractivity contribution >= 4 is 41.1 Å². The van der Waals surface area contributed by atoms with Gasteiger partial charge in [0.2, 0.25) is 0 Å². The van der Waals surface area contributed by atoms with Gasteiger partial charge in [-0.2, -0.15) is 0 Å². The normalized spacial score (nSPS) is 13.9. The number of allylic oxidation sites excluding steroid dienone is 2. The lowest BCUT2D eigenvalue weighted by atomic mass is 9.85. The van der Waals surface area contributed by atoms with Gasteiger partial charge in [0.15, 0.2) is 6.61 Å². The number of benzene rings is 1. The zero-order chi connectivity index (χ0) is 23.8. The monoisotopic (exact) mass is 464 g/mol. The number of ether oxygens (including phenoxy) is 3. The second-order valence-electron chi connectivity index (χ2n) is 6.74. The molecule has 0 aromatic heterocycles. The second-order valence-corrected chi connectivity index (χ2v) is 7.18. The molecule has 2 N–H and O–H groups in total. The maximum atomic E-state index is 13.0. The summed E-state index contributed by atoms with van der Waals surface area (Å²) < 4.78 is 15.3. The number of esters is 3. The van der Waals surface area contributed by atoms with Crippen molar-refractivity contribution in [2.45, 2.75) is 27.7 Å². The molecular formula is C22H25ClN2O7. The molecule has 2 rings (SSSR count). The van der Waals surface area contributed by atoms with Crippen molar-refractivity contribution in [3.63, 3.8) is 0 Å². The Labute approximate surface area is 190 Å². The molecule has 32 heavy (non-hydrogen) atoms. The molecule has 0 saturated carbocycles. The quantitative estimate of drug-likeness (QED) is 0.445. The Bertz CT molecular complexity index is 927. The second kappa shape index (κ2) is 11.3. The predicted molar refractivity (Wildman–Crippen MR) is 116 cm³/mol. The van der Waals surface area contributed by atoms with Gasteiger partial charge in [0.25, 0.3) is 5.91 Å². The number of amides is 1. The minimum Gasteiger partial charge on any atom is -0.463 e. The van der Waals surface area contributed by atoms with Gasteiger partial charge >= 0.3 is 17.9 Å². The maximum Gasteiger partial charge on any atom is 0.337 e. The van der Waals surface area contributed by atoms with Crippen LogP contribution in [0, 0.1) is 5.92 Å². The smallest absolute Gasteiger partial charge is 0.337 e. The molecule has 0 bridgehead atoms. The molecular weight excluding hydrogens is 440 g/mol. The molecule has 0 radical (unpaired) electrons. The van der Waals surface area contributed by atoms with Gasteiger partial charge in [-0.25, -0.2) is 9.59 Å². The number of dihydropyridines is 1. The van der Waals surface area contributed by atoms with Crippen molar-refractivity contribution in [1.29, 1.82) is 0 Å². The molecule has 0 unspecified atom stereocenters. The maximum absolute atomic E-state index is 13.0. The molecule has 172 valence electrons. The summed E-state index contributed by atoms with van der Waals surface area (Å²) in [4.78, 5) is 50.3. The molecule has 1 aliphatic rings. The summed E-state index contributed by atoms with van der Waals surface area (Å²) >= 11 is 5.81. The predicted octanol–water partition coefficient (Wildman–Crippen LogP) is 2.72. The largest absolute Gasteiger partial charge is 0.463 e. The average molecular weight is 465 g/mol. The van der Waals surface area contributed by atoms with Gasteiger partial charge in [-0.15, -0.1) is 0 Å². The summed E-state index contributed by atoms with van der Waals surface area (Å²) in [5.41, 5.74) is 0.971. The molecule has 9 nitrogen and oxygen atoms in total. The van der Waals surface area contributed by atoms with Crippen molar-refractivity contribution in [3.05, 3.63) is 51.8 Å². The van der Waals surface area contributed by atoms with E-state index in [1.54, 1.807) is 52.0 Å². The summed E-state index contributed by atoms with van der Waals surface area (Å²) in [5.74, 6) is -4.52. The number of rotatable bonds is 8. The lowest BCUT2D eigenvalue weighted by molar-refractivity contribution is -0.153. The molecule has 0 saturated heterocycles. The fourth-order valence-corrected chi connectivity index (χ4v) is 3.26. The van der Waals surface area contributed by atoms with Gasteiger partial charge in [0.1, 0.15) is 5.92 Å². The zero-order valence-electron chi connectivity index (χ0n) is 18.2.